The van der Waals surface area contributed by atoms with E-state index in [1.165, 1.54) is 5.56 Å². The lowest BCUT2D eigenvalue weighted by Gasteiger charge is -2.33. The number of hydrogen-bond donors (Lipinski definition) is 3. The van der Waals surface area contributed by atoms with Crippen LogP contribution in [0.25, 0.3) is 22.6 Å². The number of aromatic nitrogens is 3. The molecule has 10 heteroatoms. The molecule has 2 aromatic carbocycles. The number of carbonyl (C=O) groups is 1. The van der Waals surface area contributed by atoms with E-state index in [9.17, 15) is 4.79 Å². The van der Waals surface area contributed by atoms with Gasteiger partial charge in [-0.1, -0.05) is 23.7 Å². The third kappa shape index (κ3) is 5.95. The van der Waals surface area contributed by atoms with Gasteiger partial charge >= 0.3 is 5.97 Å². The molecule has 1 aliphatic rings. The van der Waals surface area contributed by atoms with Crippen molar-refractivity contribution < 1.29 is 19.4 Å². The highest BCUT2D eigenvalue weighted by Gasteiger charge is 2.22. The summed E-state index contributed by atoms with van der Waals surface area (Å²) in [7, 11) is 1.68. The third-order valence-corrected chi connectivity index (χ3v) is 6.75. The van der Waals surface area contributed by atoms with Gasteiger partial charge in [0.2, 0.25) is 0 Å². The maximum absolute atomic E-state index is 10.7. The molecule has 1 fully saturated rings. The molecule has 37 heavy (non-hydrogen) atoms. The first kappa shape index (κ1) is 24.9. The van der Waals surface area contributed by atoms with Gasteiger partial charge in [0.05, 0.1) is 24.0 Å². The maximum Gasteiger partial charge on any atom is 0.341 e. The van der Waals surface area contributed by atoms with Gasteiger partial charge in [0.25, 0.3) is 0 Å². The van der Waals surface area contributed by atoms with E-state index < -0.39 is 5.97 Å². The van der Waals surface area contributed by atoms with Gasteiger partial charge in [0, 0.05) is 31.2 Å². The van der Waals surface area contributed by atoms with Crippen LogP contribution >= 0.6 is 11.6 Å². The minimum Gasteiger partial charge on any atom is -0.497 e. The van der Waals surface area contributed by atoms with Gasteiger partial charge in [0.15, 0.2) is 12.3 Å². The monoisotopic (exact) mass is 521 g/mol. The lowest BCUT2D eigenvalue weighted by molar-refractivity contribution is -0.139. The molecule has 0 amide bonds. The average Bonchev–Trinajstić information content (AvgIpc) is 3.35. The quantitative estimate of drug-likeness (QED) is 0.287. The topological polar surface area (TPSA) is 113 Å². The van der Waals surface area contributed by atoms with Crippen molar-refractivity contribution in [1.82, 2.24) is 19.9 Å². The zero-order valence-electron chi connectivity index (χ0n) is 20.4. The molecule has 2 aromatic heterocycles. The highest BCUT2D eigenvalue weighted by molar-refractivity contribution is 6.34. The highest BCUT2D eigenvalue weighted by atomic mass is 35.5. The summed E-state index contributed by atoms with van der Waals surface area (Å²) in [5.74, 6) is 0.972. The normalized spacial score (nSPS) is 14.5. The average molecular weight is 522 g/mol. The lowest BCUT2D eigenvalue weighted by atomic mass is 10.0. The van der Waals surface area contributed by atoms with Crippen LogP contribution < -0.4 is 14.8 Å². The fourth-order valence-corrected chi connectivity index (χ4v) is 4.69. The van der Waals surface area contributed by atoms with Crippen molar-refractivity contribution >= 4 is 34.4 Å². The zero-order valence-corrected chi connectivity index (χ0v) is 21.2. The fourth-order valence-electron chi connectivity index (χ4n) is 4.49. The summed E-state index contributed by atoms with van der Waals surface area (Å²) in [6.07, 6.45) is 3.61. The van der Waals surface area contributed by atoms with E-state index in [2.05, 4.69) is 37.3 Å². The van der Waals surface area contributed by atoms with Crippen molar-refractivity contribution in [3.63, 3.8) is 0 Å². The smallest absolute Gasteiger partial charge is 0.341 e. The molecule has 1 aliphatic heterocycles. The predicted octanol–water partition coefficient (Wildman–Crippen LogP) is 4.83. The third-order valence-electron chi connectivity index (χ3n) is 6.47. The largest absolute Gasteiger partial charge is 0.497 e. The van der Waals surface area contributed by atoms with Gasteiger partial charge in [-0.05, 0) is 54.8 Å². The second-order valence-electron chi connectivity index (χ2n) is 9.01. The van der Waals surface area contributed by atoms with Crippen LogP contribution in [0.3, 0.4) is 0 Å². The van der Waals surface area contributed by atoms with Crippen molar-refractivity contribution in [2.24, 2.45) is 0 Å². The van der Waals surface area contributed by atoms with Crippen LogP contribution in [0.1, 0.15) is 18.4 Å². The summed E-state index contributed by atoms with van der Waals surface area (Å²) in [4.78, 5) is 25.6. The van der Waals surface area contributed by atoms with Gasteiger partial charge in [-0.3, -0.25) is 4.90 Å². The number of ether oxygens (including phenoxy) is 2. The summed E-state index contributed by atoms with van der Waals surface area (Å²) in [6, 6.07) is 15.6. The highest BCUT2D eigenvalue weighted by Crippen LogP contribution is 2.32. The fraction of sp³-hybridized carbons (Fsp3) is 0.296. The van der Waals surface area contributed by atoms with Crippen molar-refractivity contribution in [2.45, 2.75) is 25.4 Å². The number of nitrogens with one attached hydrogen (secondary N) is 2. The molecule has 4 aromatic rings. The number of nitrogens with zero attached hydrogens (tertiary/aromatic N) is 3. The Bertz CT molecular complexity index is 1370. The number of hydrogen-bond acceptors (Lipinski definition) is 7. The Morgan fingerprint density at radius 3 is 2.51 bits per heavy atom. The van der Waals surface area contributed by atoms with Gasteiger partial charge < -0.3 is 24.9 Å². The van der Waals surface area contributed by atoms with Crippen LogP contribution in [0.4, 0.5) is 5.69 Å². The zero-order chi connectivity index (χ0) is 25.8. The Labute approximate surface area is 219 Å². The van der Waals surface area contributed by atoms with E-state index in [1.807, 2.05) is 24.3 Å². The summed E-state index contributed by atoms with van der Waals surface area (Å²) in [5.41, 5.74) is 4.24. The van der Waals surface area contributed by atoms with Gasteiger partial charge in [0.1, 0.15) is 22.8 Å². The molecule has 3 N–H and O–H groups in total. The SMILES string of the molecule is COc1ccc(CN2CCC(Nc3c(Cl)cnc4nc(-c5ccc(OCC(=O)O)cc5)[nH]c34)CC2)cc1. The number of rotatable bonds is 9. The summed E-state index contributed by atoms with van der Waals surface area (Å²) >= 11 is 6.56. The second kappa shape index (κ2) is 11.1. The molecule has 1 saturated heterocycles. The van der Waals surface area contributed by atoms with Gasteiger partial charge in [-0.15, -0.1) is 0 Å². The van der Waals surface area contributed by atoms with Crippen LogP contribution in [0.5, 0.6) is 11.5 Å². The van der Waals surface area contributed by atoms with E-state index in [0.717, 1.165) is 55.0 Å². The number of piperidine rings is 1. The van der Waals surface area contributed by atoms with Gasteiger partial charge in [-0.25, -0.2) is 14.8 Å². The first-order valence-corrected chi connectivity index (χ1v) is 12.5. The Hall–Kier alpha value is -3.82. The number of benzene rings is 2. The molecule has 0 saturated carbocycles. The molecule has 0 bridgehead atoms. The minimum absolute atomic E-state index is 0.285. The summed E-state index contributed by atoms with van der Waals surface area (Å²) < 4.78 is 10.5. The van der Waals surface area contributed by atoms with E-state index in [4.69, 9.17) is 26.2 Å². The predicted molar refractivity (Wildman–Crippen MR) is 142 cm³/mol. The van der Waals surface area contributed by atoms with Crippen LogP contribution in [0.15, 0.2) is 54.7 Å². The molecule has 0 spiro atoms. The Morgan fingerprint density at radius 1 is 1.14 bits per heavy atom. The number of aromatic amines is 1. The minimum atomic E-state index is -1.02. The maximum atomic E-state index is 10.7. The molecule has 0 unspecified atom stereocenters. The summed E-state index contributed by atoms with van der Waals surface area (Å²) in [5, 5.41) is 12.9. The molecular formula is C27H28ClN5O4. The van der Waals surface area contributed by atoms with Crippen molar-refractivity contribution in [3.8, 4) is 22.9 Å². The number of likely N-dealkylation sites (tertiary alicyclic amines) is 1. The van der Waals surface area contributed by atoms with Crippen LogP contribution in [-0.2, 0) is 11.3 Å². The van der Waals surface area contributed by atoms with Crippen molar-refractivity contribution in [2.75, 3.05) is 32.1 Å². The molecule has 192 valence electrons. The van der Waals surface area contributed by atoms with Crippen LogP contribution in [0.2, 0.25) is 5.02 Å². The number of anilines is 1. The Morgan fingerprint density at radius 2 is 1.84 bits per heavy atom. The van der Waals surface area contributed by atoms with E-state index >= 15 is 0 Å². The van der Waals surface area contributed by atoms with E-state index in [-0.39, 0.29) is 12.6 Å². The van der Waals surface area contributed by atoms with E-state index in [0.29, 0.717) is 22.2 Å². The van der Waals surface area contributed by atoms with Crippen molar-refractivity contribution in [1.29, 1.82) is 0 Å². The summed E-state index contributed by atoms with van der Waals surface area (Å²) in [6.45, 7) is 2.50. The molecule has 0 atom stereocenters. The number of halogens is 1. The molecular weight excluding hydrogens is 494 g/mol. The van der Waals surface area contributed by atoms with Crippen LogP contribution in [0, 0.1) is 0 Å². The number of methoxy groups -OCH3 is 1. The second-order valence-corrected chi connectivity index (χ2v) is 9.42. The Balaban J connectivity index is 1.25. The number of aliphatic carboxylic acids is 1. The molecule has 0 radical (unpaired) electrons. The standard InChI is InChI=1S/C27H28ClN5O4/c1-36-20-6-2-17(3-7-20)15-33-12-10-19(11-13-33)30-24-22(28)14-29-27-25(24)31-26(32-27)18-4-8-21(9-5-18)37-16-23(34)35/h2-9,14,19H,10-13,15-16H2,1H3,(H,34,35)(H2,29,30,31,32). The number of H-pyrrole nitrogens is 1. The number of fused-ring (bicyclic) bond motifs is 1. The van der Waals surface area contributed by atoms with Crippen LogP contribution in [-0.4, -0.2) is 63.8 Å². The molecule has 0 aliphatic carbocycles. The Kier molecular flexibility index (Phi) is 7.43. The molecule has 5 rings (SSSR count). The molecule has 9 nitrogen and oxygen atoms in total. The molecule has 3 heterocycles. The van der Waals surface area contributed by atoms with Crippen molar-refractivity contribution in [3.05, 3.63) is 65.3 Å². The first-order chi connectivity index (χ1) is 18.0. The lowest BCUT2D eigenvalue weighted by Crippen LogP contribution is -2.38. The number of carboxylic acids is 1. The van der Waals surface area contributed by atoms with Gasteiger partial charge in [-0.2, -0.15) is 0 Å². The number of imidazole rings is 1. The first-order valence-electron chi connectivity index (χ1n) is 12.1. The van der Waals surface area contributed by atoms with E-state index in [1.54, 1.807) is 25.4 Å². The number of carboxylic acid groups (broad SMARTS) is 1. The number of pyridine rings is 1.